The molecule has 0 saturated carbocycles. The van der Waals surface area contributed by atoms with Crippen LogP contribution in [0.3, 0.4) is 0 Å². The van der Waals surface area contributed by atoms with Gasteiger partial charge in [0.1, 0.15) is 5.82 Å². The fourth-order valence-corrected chi connectivity index (χ4v) is 2.93. The monoisotopic (exact) mass is 340 g/mol. The standard InChI is InChI=1S/C15H20F4N2.ClH/c16-13-8-11(7-12(9-13)15(17,18)19)10-21-6-2-1-3-14(21)4-5-20;/h7-9,14H,1-6,10,20H2;1H. The molecule has 1 atom stereocenters. The van der Waals surface area contributed by atoms with Crippen molar-refractivity contribution < 1.29 is 17.6 Å². The number of alkyl halides is 3. The van der Waals surface area contributed by atoms with Crippen molar-refractivity contribution in [1.29, 1.82) is 0 Å². The van der Waals surface area contributed by atoms with E-state index in [2.05, 4.69) is 4.90 Å². The van der Waals surface area contributed by atoms with Crippen LogP contribution in [0.2, 0.25) is 0 Å². The van der Waals surface area contributed by atoms with Crippen molar-refractivity contribution in [3.05, 3.63) is 35.1 Å². The molecule has 1 heterocycles. The predicted octanol–water partition coefficient (Wildman–Crippen LogP) is 3.97. The Morgan fingerprint density at radius 2 is 1.91 bits per heavy atom. The summed E-state index contributed by atoms with van der Waals surface area (Å²) in [5.74, 6) is -0.841. The molecule has 1 unspecified atom stereocenters. The zero-order chi connectivity index (χ0) is 15.5. The molecule has 0 aliphatic carbocycles. The average Bonchev–Trinajstić information content (AvgIpc) is 2.40. The number of nitrogens with two attached hydrogens (primary N) is 1. The number of hydrogen-bond donors (Lipinski definition) is 1. The molecule has 2 rings (SSSR count). The summed E-state index contributed by atoms with van der Waals surface area (Å²) >= 11 is 0. The van der Waals surface area contributed by atoms with Crippen molar-refractivity contribution in [2.45, 2.75) is 44.4 Å². The lowest BCUT2D eigenvalue weighted by Crippen LogP contribution is -2.40. The Labute approximate surface area is 134 Å². The van der Waals surface area contributed by atoms with E-state index in [1.807, 2.05) is 0 Å². The third-order valence-corrected chi connectivity index (χ3v) is 3.92. The van der Waals surface area contributed by atoms with Crippen LogP contribution in [0.4, 0.5) is 17.6 Å². The summed E-state index contributed by atoms with van der Waals surface area (Å²) in [7, 11) is 0. The van der Waals surface area contributed by atoms with Gasteiger partial charge in [-0.05, 0) is 56.1 Å². The zero-order valence-electron chi connectivity index (χ0n) is 12.2. The quantitative estimate of drug-likeness (QED) is 0.840. The van der Waals surface area contributed by atoms with E-state index in [-0.39, 0.29) is 18.4 Å². The van der Waals surface area contributed by atoms with Gasteiger partial charge in [-0.3, -0.25) is 4.90 Å². The van der Waals surface area contributed by atoms with Crippen LogP contribution < -0.4 is 5.73 Å². The second kappa shape index (κ2) is 8.13. The topological polar surface area (TPSA) is 29.3 Å². The largest absolute Gasteiger partial charge is 0.416 e. The minimum Gasteiger partial charge on any atom is -0.330 e. The smallest absolute Gasteiger partial charge is 0.330 e. The third-order valence-electron chi connectivity index (χ3n) is 3.92. The van der Waals surface area contributed by atoms with E-state index in [4.69, 9.17) is 5.73 Å². The van der Waals surface area contributed by atoms with Crippen molar-refractivity contribution >= 4 is 12.4 Å². The molecule has 0 radical (unpaired) electrons. The van der Waals surface area contributed by atoms with E-state index in [9.17, 15) is 17.6 Å². The highest BCUT2D eigenvalue weighted by molar-refractivity contribution is 5.85. The molecule has 1 aliphatic heterocycles. The van der Waals surface area contributed by atoms with E-state index < -0.39 is 17.6 Å². The van der Waals surface area contributed by atoms with E-state index in [1.54, 1.807) is 0 Å². The first-order valence-electron chi connectivity index (χ1n) is 7.21. The molecule has 7 heteroatoms. The average molecular weight is 341 g/mol. The number of likely N-dealkylation sites (tertiary alicyclic amines) is 1. The number of benzene rings is 1. The Morgan fingerprint density at radius 1 is 1.18 bits per heavy atom. The van der Waals surface area contributed by atoms with Crippen LogP contribution in [0.15, 0.2) is 18.2 Å². The number of halogens is 5. The predicted molar refractivity (Wildman–Crippen MR) is 80.4 cm³/mol. The zero-order valence-corrected chi connectivity index (χ0v) is 13.0. The van der Waals surface area contributed by atoms with Gasteiger partial charge in [0, 0.05) is 12.6 Å². The van der Waals surface area contributed by atoms with Crippen LogP contribution in [0.5, 0.6) is 0 Å². The maximum absolute atomic E-state index is 13.4. The molecule has 1 saturated heterocycles. The SMILES string of the molecule is Cl.NCCC1CCCCN1Cc1cc(F)cc(C(F)(F)F)c1. The number of rotatable bonds is 4. The van der Waals surface area contributed by atoms with Gasteiger partial charge >= 0.3 is 6.18 Å². The van der Waals surface area contributed by atoms with Crippen LogP contribution in [0.1, 0.15) is 36.8 Å². The van der Waals surface area contributed by atoms with Gasteiger partial charge in [0.2, 0.25) is 0 Å². The van der Waals surface area contributed by atoms with Crippen LogP contribution in [-0.4, -0.2) is 24.0 Å². The Morgan fingerprint density at radius 3 is 2.55 bits per heavy atom. The summed E-state index contributed by atoms with van der Waals surface area (Å²) in [5, 5.41) is 0. The molecular weight excluding hydrogens is 320 g/mol. The summed E-state index contributed by atoms with van der Waals surface area (Å²) in [6, 6.07) is 3.04. The Hall–Kier alpha value is -0.850. The van der Waals surface area contributed by atoms with E-state index in [0.29, 0.717) is 24.7 Å². The lowest BCUT2D eigenvalue weighted by Gasteiger charge is -2.35. The van der Waals surface area contributed by atoms with Crippen LogP contribution >= 0.6 is 12.4 Å². The number of hydrogen-bond acceptors (Lipinski definition) is 2. The maximum Gasteiger partial charge on any atom is 0.416 e. The molecule has 1 fully saturated rings. The van der Waals surface area contributed by atoms with E-state index in [0.717, 1.165) is 38.3 Å². The first-order valence-corrected chi connectivity index (χ1v) is 7.21. The number of piperidine rings is 1. The highest BCUT2D eigenvalue weighted by Crippen LogP contribution is 2.31. The van der Waals surface area contributed by atoms with Gasteiger partial charge in [0.15, 0.2) is 0 Å². The van der Waals surface area contributed by atoms with Gasteiger partial charge in [-0.2, -0.15) is 13.2 Å². The molecule has 0 amide bonds. The van der Waals surface area contributed by atoms with Crippen LogP contribution in [0.25, 0.3) is 0 Å². The second-order valence-corrected chi connectivity index (χ2v) is 5.54. The Bertz CT molecular complexity index is 477. The lowest BCUT2D eigenvalue weighted by atomic mass is 9.98. The fraction of sp³-hybridized carbons (Fsp3) is 0.600. The van der Waals surface area contributed by atoms with Crippen molar-refractivity contribution in [2.75, 3.05) is 13.1 Å². The molecule has 22 heavy (non-hydrogen) atoms. The van der Waals surface area contributed by atoms with Gasteiger partial charge in [-0.1, -0.05) is 6.42 Å². The molecule has 0 spiro atoms. The molecular formula is C15H21ClF4N2. The van der Waals surface area contributed by atoms with Crippen LogP contribution in [-0.2, 0) is 12.7 Å². The van der Waals surface area contributed by atoms with Gasteiger partial charge < -0.3 is 5.73 Å². The molecule has 1 aromatic rings. The van der Waals surface area contributed by atoms with Gasteiger partial charge in [0.25, 0.3) is 0 Å². The summed E-state index contributed by atoms with van der Waals surface area (Å²) in [6.45, 7) is 1.71. The number of nitrogens with zero attached hydrogens (tertiary/aromatic N) is 1. The lowest BCUT2D eigenvalue weighted by molar-refractivity contribution is -0.137. The highest BCUT2D eigenvalue weighted by Gasteiger charge is 2.31. The molecule has 0 bridgehead atoms. The molecule has 1 aromatic carbocycles. The Kier molecular flexibility index (Phi) is 7.09. The van der Waals surface area contributed by atoms with Gasteiger partial charge in [0.05, 0.1) is 5.56 Å². The molecule has 126 valence electrons. The normalized spacial score (nSPS) is 19.8. The van der Waals surface area contributed by atoms with Crippen molar-refractivity contribution in [1.82, 2.24) is 4.90 Å². The summed E-state index contributed by atoms with van der Waals surface area (Å²) < 4.78 is 51.6. The minimum atomic E-state index is -4.52. The second-order valence-electron chi connectivity index (χ2n) is 5.54. The maximum atomic E-state index is 13.4. The fourth-order valence-electron chi connectivity index (χ4n) is 2.93. The highest BCUT2D eigenvalue weighted by atomic mass is 35.5. The summed E-state index contributed by atoms with van der Waals surface area (Å²) in [4.78, 5) is 2.12. The van der Waals surface area contributed by atoms with Crippen molar-refractivity contribution in [2.24, 2.45) is 5.73 Å². The summed E-state index contributed by atoms with van der Waals surface area (Å²) in [5.41, 5.74) is 5.03. The third kappa shape index (κ3) is 5.11. The summed E-state index contributed by atoms with van der Waals surface area (Å²) in [6.07, 6.45) is -0.573. The minimum absolute atomic E-state index is 0. The molecule has 2 nitrogen and oxygen atoms in total. The first-order chi connectivity index (χ1) is 9.90. The van der Waals surface area contributed by atoms with E-state index in [1.165, 1.54) is 6.07 Å². The first kappa shape index (κ1) is 19.2. The Balaban J connectivity index is 0.00000242. The molecule has 1 aliphatic rings. The van der Waals surface area contributed by atoms with Gasteiger partial charge in [-0.25, -0.2) is 4.39 Å². The van der Waals surface area contributed by atoms with E-state index >= 15 is 0 Å². The molecule has 2 N–H and O–H groups in total. The van der Waals surface area contributed by atoms with Gasteiger partial charge in [-0.15, -0.1) is 12.4 Å². The van der Waals surface area contributed by atoms with Crippen molar-refractivity contribution in [3.63, 3.8) is 0 Å². The van der Waals surface area contributed by atoms with Crippen molar-refractivity contribution in [3.8, 4) is 0 Å². The van der Waals surface area contributed by atoms with Crippen LogP contribution in [0, 0.1) is 5.82 Å². The molecule has 0 aromatic heterocycles.